The van der Waals surface area contributed by atoms with Crippen molar-refractivity contribution in [3.63, 3.8) is 0 Å². The van der Waals surface area contributed by atoms with Gasteiger partial charge in [-0.2, -0.15) is 0 Å². The molecule has 0 bridgehead atoms. The summed E-state index contributed by atoms with van der Waals surface area (Å²) in [5.41, 5.74) is 20.4. The van der Waals surface area contributed by atoms with Gasteiger partial charge < -0.3 is 18.3 Å². The molecule has 0 atom stereocenters. The van der Waals surface area contributed by atoms with Crippen LogP contribution in [0.15, 0.2) is 199 Å². The van der Waals surface area contributed by atoms with Crippen molar-refractivity contribution < 1.29 is 30.2 Å². The minimum absolute atomic E-state index is 0. The van der Waals surface area contributed by atoms with Crippen LogP contribution < -0.4 is 4.74 Å². The van der Waals surface area contributed by atoms with Gasteiger partial charge in [-0.1, -0.05) is 194 Å². The maximum atomic E-state index is 7.18. The molecule has 0 aliphatic heterocycles. The third-order valence-electron chi connectivity index (χ3n) is 16.6. The molecule has 0 N–H and O–H groups in total. The number of pyridine rings is 1. The van der Waals surface area contributed by atoms with E-state index in [1.54, 1.807) is 0 Å². The summed E-state index contributed by atoms with van der Waals surface area (Å²) in [5.74, 6) is 3.27. The van der Waals surface area contributed by atoms with E-state index in [0.717, 1.165) is 83.0 Å². The molecule has 14 aromatic rings. The van der Waals surface area contributed by atoms with Crippen LogP contribution in [0.1, 0.15) is 107 Å². The third-order valence-corrected chi connectivity index (χ3v) is 16.6. The van der Waals surface area contributed by atoms with Crippen LogP contribution in [-0.4, -0.2) is 24.1 Å². The Balaban J connectivity index is 0.00000658. The molecule has 14 rings (SSSR count). The number of nitrogens with zero attached hydrogens (tertiary/aromatic N) is 5. The first kappa shape index (κ1) is 54.4. The van der Waals surface area contributed by atoms with E-state index >= 15 is 0 Å². The molecular weight excluding hydrogens is 1210 g/mol. The van der Waals surface area contributed by atoms with Crippen LogP contribution in [0.4, 0.5) is 0 Å². The molecule has 0 amide bonds. The molecule has 8 heteroatoms. The first-order valence-corrected chi connectivity index (χ1v) is 29.1. The summed E-state index contributed by atoms with van der Waals surface area (Å²) in [6, 6.07) is 76.3. The average Bonchev–Trinajstić information content (AvgIpc) is 2.03. The van der Waals surface area contributed by atoms with E-state index in [9.17, 15) is 0 Å². The number of fused-ring (bicyclic) bond motifs is 8. The maximum Gasteiger partial charge on any atom is 2.00 e. The average molecular weight is 1270 g/mol. The predicted molar refractivity (Wildman–Crippen MR) is 343 cm³/mol. The van der Waals surface area contributed by atoms with Crippen LogP contribution in [0.25, 0.3) is 122 Å². The number of rotatable bonds is 12. The summed E-state index contributed by atoms with van der Waals surface area (Å²) in [7, 11) is 0. The number of aryl methyl sites for hydroxylation is 1. The fourth-order valence-corrected chi connectivity index (χ4v) is 12.5. The normalized spacial score (nSPS) is 12.0. The van der Waals surface area contributed by atoms with Gasteiger partial charge in [-0.15, -0.1) is 23.8 Å². The van der Waals surface area contributed by atoms with Crippen molar-refractivity contribution in [2.75, 3.05) is 0 Å². The number of hydrogen-bond donors (Lipinski definition) is 0. The van der Waals surface area contributed by atoms with Gasteiger partial charge in [0.15, 0.2) is 0 Å². The Morgan fingerprint density at radius 2 is 0.905 bits per heavy atom. The number of aromatic nitrogens is 5. The maximum absolute atomic E-state index is 7.18. The van der Waals surface area contributed by atoms with Gasteiger partial charge in [0.2, 0.25) is 0 Å². The number of para-hydroxylation sites is 4. The van der Waals surface area contributed by atoms with Crippen LogP contribution in [0.2, 0.25) is 0 Å². The molecule has 0 saturated carbocycles. The molecule has 10 aromatic carbocycles. The summed E-state index contributed by atoms with van der Waals surface area (Å²) in [6.07, 6.45) is 0. The Morgan fingerprint density at radius 1 is 0.405 bits per heavy atom. The van der Waals surface area contributed by atoms with Crippen molar-refractivity contribution in [3.05, 3.63) is 234 Å². The zero-order chi connectivity index (χ0) is 56.8. The van der Waals surface area contributed by atoms with Crippen LogP contribution in [-0.2, 0) is 21.1 Å². The van der Waals surface area contributed by atoms with Gasteiger partial charge in [-0.05, 0) is 135 Å². The van der Waals surface area contributed by atoms with Crippen LogP contribution in [0.3, 0.4) is 0 Å². The molecule has 0 spiro atoms. The van der Waals surface area contributed by atoms with Crippen LogP contribution >= 0.6 is 0 Å². The van der Waals surface area contributed by atoms with E-state index in [4.69, 9.17) is 24.1 Å². The van der Waals surface area contributed by atoms with E-state index in [2.05, 4.69) is 266 Å². The molecule has 4 heterocycles. The predicted octanol–water partition coefficient (Wildman–Crippen LogP) is 20.8. The molecule has 0 aliphatic rings. The second kappa shape index (κ2) is 21.7. The van der Waals surface area contributed by atoms with Crippen molar-refractivity contribution in [1.29, 1.82) is 0 Å². The van der Waals surface area contributed by atoms with Crippen molar-refractivity contribution in [3.8, 4) is 67.9 Å². The van der Waals surface area contributed by atoms with Crippen molar-refractivity contribution in [2.24, 2.45) is 0 Å². The van der Waals surface area contributed by atoms with Gasteiger partial charge in [0.05, 0.1) is 44.8 Å². The van der Waals surface area contributed by atoms with Crippen LogP contribution in [0.5, 0.6) is 11.5 Å². The van der Waals surface area contributed by atoms with E-state index in [-0.39, 0.29) is 44.7 Å². The summed E-state index contributed by atoms with van der Waals surface area (Å²) < 4.78 is 19.1. The fourth-order valence-electron chi connectivity index (χ4n) is 12.5. The SMILES string of the molecule is Cc1nc2cc3oc4c(-c5nc6ccccc6n5-c5c(C(C)C)cc(-c6ccccc6)cc5C(C)C)[c-]c(Oc5[c-]c(-c6nc7ccccc7n6-c6c(C(C)C)cc(-c7ccccc7)cc6C(C)C)ccc5)cc4c3cc2c2ccccc12.[Pt+2]. The molecule has 414 valence electrons. The summed E-state index contributed by atoms with van der Waals surface area (Å²) in [6.45, 7) is 20.4. The topological polar surface area (TPSA) is 70.9 Å². The Hall–Kier alpha value is -8.90. The summed E-state index contributed by atoms with van der Waals surface area (Å²) >= 11 is 0. The number of benzene rings is 10. The smallest absolute Gasteiger partial charge is 0.500 e. The minimum Gasteiger partial charge on any atom is -0.500 e. The molecule has 4 aromatic heterocycles. The van der Waals surface area contributed by atoms with Gasteiger partial charge in [0.25, 0.3) is 0 Å². The van der Waals surface area contributed by atoms with Gasteiger partial charge in [-0.3, -0.25) is 15.0 Å². The molecule has 0 aliphatic carbocycles. The molecule has 0 unspecified atom stereocenters. The van der Waals surface area contributed by atoms with E-state index < -0.39 is 0 Å². The minimum atomic E-state index is 0. The molecule has 0 fully saturated rings. The standard InChI is InChI=1S/C76H63N5O2.Pt/c1-44(2)58-36-52(49-23-12-10-13-24-49)37-59(45(3)4)72(58)80-69-33-20-18-31-66(69)78-75(80)51-27-22-28-54(35-51)82-55-40-64-63-42-62-57-30-17-16-29-56(57)48(9)77-68(62)43-71(63)83-74(64)65(41-55)76-79-67-32-19-21-34-70(67)81(76)73-60(46(5)6)38-53(39-61(73)47(7)8)50-25-14-11-15-26-50;/h10-34,36-40,42-47H,1-9H3;/q-2;+2. The Labute approximate surface area is 504 Å². The number of hydrogen-bond acceptors (Lipinski definition) is 5. The quantitative estimate of drug-likeness (QED) is 0.0900. The van der Waals surface area contributed by atoms with Crippen LogP contribution in [0, 0.1) is 19.1 Å². The second-order valence-corrected chi connectivity index (χ2v) is 23.4. The van der Waals surface area contributed by atoms with Crippen molar-refractivity contribution >= 4 is 65.7 Å². The first-order chi connectivity index (χ1) is 40.4. The Kier molecular flexibility index (Phi) is 14.0. The number of ether oxygens (including phenoxy) is 1. The molecule has 7 nitrogen and oxygen atoms in total. The monoisotopic (exact) mass is 1270 g/mol. The largest absolute Gasteiger partial charge is 2.00 e. The number of imidazole rings is 2. The zero-order valence-electron chi connectivity index (χ0n) is 48.7. The Bertz CT molecular complexity index is 4800. The van der Waals surface area contributed by atoms with E-state index in [1.165, 1.54) is 44.5 Å². The number of furan rings is 1. The van der Waals surface area contributed by atoms with Crippen molar-refractivity contribution in [2.45, 2.75) is 86.0 Å². The second-order valence-electron chi connectivity index (χ2n) is 23.4. The van der Waals surface area contributed by atoms with Gasteiger partial charge >= 0.3 is 21.1 Å². The van der Waals surface area contributed by atoms with E-state index in [0.29, 0.717) is 34.1 Å². The molecule has 0 radical (unpaired) electrons. The molecular formula is C76H63N5O2Pt. The van der Waals surface area contributed by atoms with Gasteiger partial charge in [-0.25, -0.2) is 0 Å². The first-order valence-electron chi connectivity index (χ1n) is 29.1. The van der Waals surface area contributed by atoms with Crippen molar-refractivity contribution in [1.82, 2.24) is 24.1 Å². The Morgan fingerprint density at radius 3 is 1.46 bits per heavy atom. The van der Waals surface area contributed by atoms with Gasteiger partial charge in [0, 0.05) is 50.8 Å². The van der Waals surface area contributed by atoms with Gasteiger partial charge in [0.1, 0.15) is 5.58 Å². The molecule has 0 saturated heterocycles. The summed E-state index contributed by atoms with van der Waals surface area (Å²) in [4.78, 5) is 16.1. The molecule has 84 heavy (non-hydrogen) atoms. The summed E-state index contributed by atoms with van der Waals surface area (Å²) in [5, 5.41) is 5.12. The fraction of sp³-hybridized carbons (Fsp3) is 0.171. The zero-order valence-corrected chi connectivity index (χ0v) is 50.9. The van der Waals surface area contributed by atoms with E-state index in [1.807, 2.05) is 12.1 Å². The third kappa shape index (κ3) is 9.30.